The van der Waals surface area contributed by atoms with Crippen molar-refractivity contribution in [2.75, 3.05) is 23.1 Å². The number of hydrogen-bond donors (Lipinski definition) is 0. The third-order valence-corrected chi connectivity index (χ3v) is 6.52. The van der Waals surface area contributed by atoms with Crippen molar-refractivity contribution in [1.82, 2.24) is 0 Å². The van der Waals surface area contributed by atoms with Gasteiger partial charge in [-0.25, -0.2) is 4.90 Å². The van der Waals surface area contributed by atoms with E-state index >= 15 is 0 Å². The lowest BCUT2D eigenvalue weighted by Gasteiger charge is -2.23. The molecule has 33 heavy (non-hydrogen) atoms. The molecule has 7 nitrogen and oxygen atoms in total. The third-order valence-electron chi connectivity index (χ3n) is 5.99. The van der Waals surface area contributed by atoms with Gasteiger partial charge in [-0.1, -0.05) is 46.3 Å². The van der Waals surface area contributed by atoms with Crippen molar-refractivity contribution >= 4 is 44.8 Å². The van der Waals surface area contributed by atoms with E-state index in [0.717, 1.165) is 15.7 Å². The summed E-state index contributed by atoms with van der Waals surface area (Å²) >= 11 is 3.45. The molecule has 3 heterocycles. The number of carbonyl (C=O) groups excluding carboxylic acids is 2. The van der Waals surface area contributed by atoms with Gasteiger partial charge in [-0.3, -0.25) is 14.6 Å². The number of nitrogens with zero attached hydrogens (tertiary/aromatic N) is 3. The minimum atomic E-state index is -0.758. The molecule has 3 aliphatic rings. The molecule has 0 unspecified atom stereocenters. The Hall–Kier alpha value is -3.65. The summed E-state index contributed by atoms with van der Waals surface area (Å²) in [7, 11) is 0. The van der Waals surface area contributed by atoms with Gasteiger partial charge in [-0.2, -0.15) is 5.10 Å². The lowest BCUT2D eigenvalue weighted by molar-refractivity contribution is -0.121. The molecule has 0 saturated carbocycles. The van der Waals surface area contributed by atoms with Crippen molar-refractivity contribution in [3.63, 3.8) is 0 Å². The number of fused-ring (bicyclic) bond motifs is 2. The molecule has 3 aromatic rings. The number of carbonyl (C=O) groups is 2. The van der Waals surface area contributed by atoms with Crippen molar-refractivity contribution in [2.24, 2.45) is 11.0 Å². The van der Waals surface area contributed by atoms with E-state index < -0.39 is 12.0 Å². The summed E-state index contributed by atoms with van der Waals surface area (Å²) in [4.78, 5) is 28.6. The van der Waals surface area contributed by atoms with Gasteiger partial charge in [-0.05, 0) is 42.0 Å². The van der Waals surface area contributed by atoms with Crippen LogP contribution >= 0.6 is 15.9 Å². The summed E-state index contributed by atoms with van der Waals surface area (Å²) in [6, 6.07) is 21.4. The number of ether oxygens (including phenoxy) is 2. The van der Waals surface area contributed by atoms with Crippen LogP contribution in [0.5, 0.6) is 11.5 Å². The van der Waals surface area contributed by atoms with Crippen LogP contribution < -0.4 is 19.4 Å². The first-order valence-electron chi connectivity index (χ1n) is 10.6. The Kier molecular flexibility index (Phi) is 4.69. The first-order valence-corrected chi connectivity index (χ1v) is 11.4. The molecule has 0 N–H and O–H groups in total. The van der Waals surface area contributed by atoms with Crippen LogP contribution in [0.2, 0.25) is 0 Å². The molecule has 3 aromatic carbocycles. The van der Waals surface area contributed by atoms with E-state index in [2.05, 4.69) is 15.9 Å². The van der Waals surface area contributed by atoms with Gasteiger partial charge in [0.15, 0.2) is 11.5 Å². The SMILES string of the molecule is O=C1[C@H]2C(c3ccc(Br)cc3)=NN(c3ccccc3)[C@H]2C(=O)N1c1ccc2c(c1)OCCO2. The van der Waals surface area contributed by atoms with Crippen LogP contribution in [0.3, 0.4) is 0 Å². The van der Waals surface area contributed by atoms with Crippen LogP contribution in [0.25, 0.3) is 0 Å². The Morgan fingerprint density at radius 1 is 0.818 bits per heavy atom. The minimum Gasteiger partial charge on any atom is -0.486 e. The average Bonchev–Trinajstić information content (AvgIpc) is 3.36. The van der Waals surface area contributed by atoms with Gasteiger partial charge >= 0.3 is 0 Å². The average molecular weight is 504 g/mol. The fraction of sp³-hybridized carbons (Fsp3) is 0.160. The monoisotopic (exact) mass is 503 g/mol. The quantitative estimate of drug-likeness (QED) is 0.505. The van der Waals surface area contributed by atoms with Crippen LogP contribution in [-0.4, -0.2) is 36.8 Å². The molecule has 2 amide bonds. The number of rotatable bonds is 3. The molecular weight excluding hydrogens is 486 g/mol. The minimum absolute atomic E-state index is 0.304. The van der Waals surface area contributed by atoms with Crippen molar-refractivity contribution < 1.29 is 19.1 Å². The smallest absolute Gasteiger partial charge is 0.259 e. The Morgan fingerprint density at radius 2 is 1.55 bits per heavy atom. The van der Waals surface area contributed by atoms with Crippen LogP contribution in [0, 0.1) is 5.92 Å². The molecule has 0 aromatic heterocycles. The molecule has 1 fully saturated rings. The number of amides is 2. The van der Waals surface area contributed by atoms with E-state index in [-0.39, 0.29) is 11.8 Å². The summed E-state index contributed by atoms with van der Waals surface area (Å²) in [5.74, 6) is -0.208. The van der Waals surface area contributed by atoms with Gasteiger partial charge in [0.25, 0.3) is 5.91 Å². The first kappa shape index (κ1) is 20.0. The highest BCUT2D eigenvalue weighted by Gasteiger charge is 2.57. The van der Waals surface area contributed by atoms with E-state index in [9.17, 15) is 9.59 Å². The lowest BCUT2D eigenvalue weighted by Crippen LogP contribution is -2.39. The van der Waals surface area contributed by atoms with Crippen LogP contribution in [0.15, 0.2) is 82.4 Å². The zero-order chi connectivity index (χ0) is 22.5. The predicted molar refractivity (Wildman–Crippen MR) is 127 cm³/mol. The molecule has 0 radical (unpaired) electrons. The number of benzene rings is 3. The van der Waals surface area contributed by atoms with Crippen molar-refractivity contribution in [3.05, 3.63) is 82.8 Å². The molecule has 2 atom stereocenters. The topological polar surface area (TPSA) is 71.4 Å². The lowest BCUT2D eigenvalue weighted by atomic mass is 9.93. The van der Waals surface area contributed by atoms with Gasteiger partial charge in [0.05, 0.1) is 17.1 Å². The predicted octanol–water partition coefficient (Wildman–Crippen LogP) is 4.00. The summed E-state index contributed by atoms with van der Waals surface area (Å²) in [5, 5.41) is 6.43. The van der Waals surface area contributed by atoms with E-state index in [1.54, 1.807) is 23.2 Å². The third kappa shape index (κ3) is 3.21. The highest BCUT2D eigenvalue weighted by Crippen LogP contribution is 2.41. The largest absolute Gasteiger partial charge is 0.486 e. The van der Waals surface area contributed by atoms with E-state index in [1.807, 2.05) is 54.6 Å². The Bertz CT molecular complexity index is 1290. The second-order valence-corrected chi connectivity index (χ2v) is 8.85. The normalized spacial score (nSPS) is 21.3. The van der Waals surface area contributed by atoms with Gasteiger partial charge < -0.3 is 9.47 Å². The van der Waals surface area contributed by atoms with Crippen molar-refractivity contribution in [2.45, 2.75) is 6.04 Å². The number of para-hydroxylation sites is 1. The summed E-state index contributed by atoms with van der Waals surface area (Å²) in [5.41, 5.74) is 2.60. The molecule has 1 saturated heterocycles. The van der Waals surface area contributed by atoms with Gasteiger partial charge in [-0.15, -0.1) is 0 Å². The number of imide groups is 1. The standard InChI is InChI=1S/C25H18BrN3O4/c26-16-8-6-15(7-9-16)22-21-23(29(27-22)17-4-2-1-3-5-17)25(31)28(24(21)30)18-10-11-19-20(14-18)33-13-12-32-19/h1-11,14,21,23H,12-13H2/t21-,23+/m0/s1. The second-order valence-electron chi connectivity index (χ2n) is 7.93. The number of anilines is 2. The summed E-state index contributed by atoms with van der Waals surface area (Å²) in [6.45, 7) is 0.892. The molecule has 164 valence electrons. The summed E-state index contributed by atoms with van der Waals surface area (Å²) < 4.78 is 12.2. The van der Waals surface area contributed by atoms with Crippen LogP contribution in [0.4, 0.5) is 11.4 Å². The van der Waals surface area contributed by atoms with E-state index in [0.29, 0.717) is 36.1 Å². The van der Waals surface area contributed by atoms with E-state index in [4.69, 9.17) is 14.6 Å². The number of hydrogen-bond acceptors (Lipinski definition) is 6. The highest BCUT2D eigenvalue weighted by molar-refractivity contribution is 9.10. The fourth-order valence-corrected chi connectivity index (χ4v) is 4.76. The molecular formula is C25H18BrN3O4. The maximum Gasteiger partial charge on any atom is 0.259 e. The maximum absolute atomic E-state index is 13.7. The molecule has 3 aliphatic heterocycles. The van der Waals surface area contributed by atoms with Crippen molar-refractivity contribution in [3.8, 4) is 11.5 Å². The molecule has 0 spiro atoms. The Morgan fingerprint density at radius 3 is 2.30 bits per heavy atom. The Balaban J connectivity index is 1.44. The highest BCUT2D eigenvalue weighted by atomic mass is 79.9. The number of halogens is 1. The maximum atomic E-state index is 13.7. The molecule has 8 heteroatoms. The number of hydrazone groups is 1. The molecule has 0 aliphatic carbocycles. The van der Waals surface area contributed by atoms with Gasteiger partial charge in [0, 0.05) is 10.5 Å². The molecule has 0 bridgehead atoms. The first-order chi connectivity index (χ1) is 16.1. The van der Waals surface area contributed by atoms with Gasteiger partial charge in [0.1, 0.15) is 25.2 Å². The van der Waals surface area contributed by atoms with E-state index in [1.165, 1.54) is 4.90 Å². The Labute approximate surface area is 198 Å². The second kappa shape index (κ2) is 7.74. The molecule has 6 rings (SSSR count). The van der Waals surface area contributed by atoms with Crippen molar-refractivity contribution in [1.29, 1.82) is 0 Å². The van der Waals surface area contributed by atoms with Crippen LogP contribution in [0.1, 0.15) is 5.56 Å². The van der Waals surface area contributed by atoms with Gasteiger partial charge in [0.2, 0.25) is 5.91 Å². The summed E-state index contributed by atoms with van der Waals surface area (Å²) in [6.07, 6.45) is 0. The van der Waals surface area contributed by atoms with Crippen LogP contribution in [-0.2, 0) is 9.59 Å². The zero-order valence-electron chi connectivity index (χ0n) is 17.3. The fourth-order valence-electron chi connectivity index (χ4n) is 4.49. The zero-order valence-corrected chi connectivity index (χ0v) is 18.9.